The molecule has 0 spiro atoms. The van der Waals surface area contributed by atoms with Crippen LogP contribution in [0, 0.1) is 0 Å². The molecule has 0 aliphatic rings. The SMILES string of the molecule is CC(Cc1ccco1)NC(=O)c1ccccc1S(C)(=O)=O. The molecule has 1 N–H and O–H groups in total. The summed E-state index contributed by atoms with van der Waals surface area (Å²) in [6.07, 6.45) is 3.20. The van der Waals surface area contributed by atoms with E-state index in [0.29, 0.717) is 6.42 Å². The van der Waals surface area contributed by atoms with Gasteiger partial charge in [0.05, 0.1) is 16.7 Å². The van der Waals surface area contributed by atoms with E-state index in [4.69, 9.17) is 4.42 Å². The Bertz CT molecular complexity index is 720. The highest BCUT2D eigenvalue weighted by molar-refractivity contribution is 7.90. The van der Waals surface area contributed by atoms with Crippen LogP contribution < -0.4 is 5.32 Å². The Kier molecular flexibility index (Phi) is 4.47. The van der Waals surface area contributed by atoms with Gasteiger partial charge in [0, 0.05) is 18.7 Å². The van der Waals surface area contributed by atoms with Crippen molar-refractivity contribution in [3.05, 3.63) is 54.0 Å². The Balaban J connectivity index is 2.14. The van der Waals surface area contributed by atoms with Gasteiger partial charge in [-0.1, -0.05) is 12.1 Å². The number of hydrogen-bond donors (Lipinski definition) is 1. The highest BCUT2D eigenvalue weighted by atomic mass is 32.2. The monoisotopic (exact) mass is 307 g/mol. The van der Waals surface area contributed by atoms with Crippen LogP contribution >= 0.6 is 0 Å². The third-order valence-electron chi connectivity index (χ3n) is 3.00. The molecule has 0 radical (unpaired) electrons. The van der Waals surface area contributed by atoms with Gasteiger partial charge in [0.15, 0.2) is 9.84 Å². The average Bonchev–Trinajstić information content (AvgIpc) is 2.90. The first-order valence-electron chi connectivity index (χ1n) is 6.50. The molecule has 0 aliphatic carbocycles. The largest absolute Gasteiger partial charge is 0.469 e. The first-order chi connectivity index (χ1) is 9.88. The van der Waals surface area contributed by atoms with Crippen molar-refractivity contribution in [1.29, 1.82) is 0 Å². The van der Waals surface area contributed by atoms with Crippen molar-refractivity contribution in [2.24, 2.45) is 0 Å². The molecule has 2 aromatic rings. The molecule has 1 heterocycles. The summed E-state index contributed by atoms with van der Waals surface area (Å²) >= 11 is 0. The summed E-state index contributed by atoms with van der Waals surface area (Å²) in [6, 6.07) is 9.61. The summed E-state index contributed by atoms with van der Waals surface area (Å²) < 4.78 is 28.6. The molecule has 1 amide bonds. The number of sulfone groups is 1. The van der Waals surface area contributed by atoms with Crippen molar-refractivity contribution in [3.8, 4) is 0 Å². The predicted octanol–water partition coefficient (Wildman–Crippen LogP) is 2.04. The Hall–Kier alpha value is -2.08. The van der Waals surface area contributed by atoms with E-state index >= 15 is 0 Å². The smallest absolute Gasteiger partial charge is 0.252 e. The molecule has 1 aromatic carbocycles. The second-order valence-electron chi connectivity index (χ2n) is 4.93. The van der Waals surface area contributed by atoms with E-state index in [1.807, 2.05) is 13.0 Å². The Morgan fingerprint density at radius 3 is 2.57 bits per heavy atom. The number of carbonyl (C=O) groups is 1. The molecule has 5 nitrogen and oxygen atoms in total. The lowest BCUT2D eigenvalue weighted by atomic mass is 10.1. The van der Waals surface area contributed by atoms with Gasteiger partial charge in [0.2, 0.25) is 0 Å². The van der Waals surface area contributed by atoms with Gasteiger partial charge < -0.3 is 9.73 Å². The van der Waals surface area contributed by atoms with E-state index in [2.05, 4.69) is 5.32 Å². The minimum absolute atomic E-state index is 0.0349. The Morgan fingerprint density at radius 2 is 1.95 bits per heavy atom. The van der Waals surface area contributed by atoms with E-state index in [9.17, 15) is 13.2 Å². The summed E-state index contributed by atoms with van der Waals surface area (Å²) in [4.78, 5) is 12.3. The van der Waals surface area contributed by atoms with Crippen LogP contribution in [-0.2, 0) is 16.3 Å². The zero-order chi connectivity index (χ0) is 15.5. The zero-order valence-corrected chi connectivity index (χ0v) is 12.7. The van der Waals surface area contributed by atoms with E-state index < -0.39 is 15.7 Å². The zero-order valence-electron chi connectivity index (χ0n) is 11.9. The van der Waals surface area contributed by atoms with Gasteiger partial charge in [-0.2, -0.15) is 0 Å². The van der Waals surface area contributed by atoms with Crippen LogP contribution in [0.2, 0.25) is 0 Å². The van der Waals surface area contributed by atoms with Crippen LogP contribution in [0.25, 0.3) is 0 Å². The maximum absolute atomic E-state index is 12.2. The fourth-order valence-corrected chi connectivity index (χ4v) is 2.95. The number of furan rings is 1. The molecule has 0 saturated carbocycles. The van der Waals surface area contributed by atoms with Crippen molar-refractivity contribution >= 4 is 15.7 Å². The van der Waals surface area contributed by atoms with Crippen molar-refractivity contribution in [3.63, 3.8) is 0 Å². The normalized spacial score (nSPS) is 12.9. The average molecular weight is 307 g/mol. The molecule has 2 rings (SSSR count). The van der Waals surface area contributed by atoms with E-state index in [-0.39, 0.29) is 16.5 Å². The third-order valence-corrected chi connectivity index (χ3v) is 4.15. The van der Waals surface area contributed by atoms with Crippen LogP contribution in [0.3, 0.4) is 0 Å². The predicted molar refractivity (Wildman–Crippen MR) is 78.9 cm³/mol. The molecule has 0 saturated heterocycles. The van der Waals surface area contributed by atoms with Crippen LogP contribution in [0.1, 0.15) is 23.0 Å². The van der Waals surface area contributed by atoms with E-state index in [1.54, 1.807) is 24.5 Å². The van der Waals surface area contributed by atoms with Crippen molar-refractivity contribution in [2.45, 2.75) is 24.3 Å². The van der Waals surface area contributed by atoms with Crippen molar-refractivity contribution < 1.29 is 17.6 Å². The molecule has 0 fully saturated rings. The second-order valence-corrected chi connectivity index (χ2v) is 6.91. The summed E-state index contributed by atoms with van der Waals surface area (Å²) in [5.74, 6) is 0.356. The lowest BCUT2D eigenvalue weighted by molar-refractivity contribution is 0.0936. The summed E-state index contributed by atoms with van der Waals surface area (Å²) in [5, 5.41) is 2.78. The number of hydrogen-bond acceptors (Lipinski definition) is 4. The molecule has 1 atom stereocenters. The third kappa shape index (κ3) is 3.95. The first-order valence-corrected chi connectivity index (χ1v) is 8.39. The van der Waals surface area contributed by atoms with Crippen LogP contribution in [0.5, 0.6) is 0 Å². The standard InChI is InChI=1S/C15H17NO4S/c1-11(10-12-6-5-9-20-12)16-15(17)13-7-3-4-8-14(13)21(2,18)19/h3-9,11H,10H2,1-2H3,(H,16,17). The molecule has 112 valence electrons. The maximum atomic E-state index is 12.2. The van der Waals surface area contributed by atoms with Crippen LogP contribution in [-0.4, -0.2) is 26.6 Å². The van der Waals surface area contributed by atoms with Gasteiger partial charge in [-0.3, -0.25) is 4.79 Å². The summed E-state index contributed by atoms with van der Waals surface area (Å²) in [7, 11) is -3.44. The van der Waals surface area contributed by atoms with Gasteiger partial charge >= 0.3 is 0 Å². The van der Waals surface area contributed by atoms with Gasteiger partial charge in [0.25, 0.3) is 5.91 Å². The fourth-order valence-electron chi connectivity index (χ4n) is 2.06. The fraction of sp³-hybridized carbons (Fsp3) is 0.267. The lowest BCUT2D eigenvalue weighted by Crippen LogP contribution is -2.34. The van der Waals surface area contributed by atoms with Gasteiger partial charge in [-0.05, 0) is 31.2 Å². The van der Waals surface area contributed by atoms with Crippen LogP contribution in [0.15, 0.2) is 52.0 Å². The maximum Gasteiger partial charge on any atom is 0.252 e. The minimum Gasteiger partial charge on any atom is -0.469 e. The molecular weight excluding hydrogens is 290 g/mol. The highest BCUT2D eigenvalue weighted by Gasteiger charge is 2.19. The van der Waals surface area contributed by atoms with E-state index in [1.165, 1.54) is 12.1 Å². The molecule has 1 aromatic heterocycles. The van der Waals surface area contributed by atoms with Crippen molar-refractivity contribution in [2.75, 3.05) is 6.26 Å². The molecular formula is C15H17NO4S. The Labute approximate surface area is 123 Å². The number of amides is 1. The molecule has 6 heteroatoms. The second kappa shape index (κ2) is 6.13. The van der Waals surface area contributed by atoms with E-state index in [0.717, 1.165) is 12.0 Å². The Morgan fingerprint density at radius 1 is 1.24 bits per heavy atom. The number of nitrogens with one attached hydrogen (secondary N) is 1. The summed E-state index contributed by atoms with van der Waals surface area (Å²) in [5.41, 5.74) is 0.159. The van der Waals surface area contributed by atoms with Gasteiger partial charge in [-0.25, -0.2) is 8.42 Å². The topological polar surface area (TPSA) is 76.4 Å². The van der Waals surface area contributed by atoms with Crippen molar-refractivity contribution in [1.82, 2.24) is 5.32 Å². The molecule has 0 bridgehead atoms. The lowest BCUT2D eigenvalue weighted by Gasteiger charge is -2.14. The molecule has 1 unspecified atom stereocenters. The summed E-state index contributed by atoms with van der Waals surface area (Å²) in [6.45, 7) is 1.84. The first kappa shape index (κ1) is 15.3. The molecule has 0 aliphatic heterocycles. The minimum atomic E-state index is -3.44. The number of rotatable bonds is 5. The molecule has 21 heavy (non-hydrogen) atoms. The quantitative estimate of drug-likeness (QED) is 0.917. The van der Waals surface area contributed by atoms with Crippen LogP contribution in [0.4, 0.5) is 0 Å². The van der Waals surface area contributed by atoms with Gasteiger partial charge in [-0.15, -0.1) is 0 Å². The number of carbonyl (C=O) groups excluding carboxylic acids is 1. The van der Waals surface area contributed by atoms with Gasteiger partial charge in [0.1, 0.15) is 5.76 Å². The number of benzene rings is 1. The highest BCUT2D eigenvalue weighted by Crippen LogP contribution is 2.15.